The third kappa shape index (κ3) is 6.66. The van der Waals surface area contributed by atoms with Crippen LogP contribution in [-0.2, 0) is 17.8 Å². The number of aliphatic imine (C=N–C) groups is 1. The summed E-state index contributed by atoms with van der Waals surface area (Å²) in [6, 6.07) is 14.2. The van der Waals surface area contributed by atoms with Crippen molar-refractivity contribution in [3.63, 3.8) is 0 Å². The van der Waals surface area contributed by atoms with Gasteiger partial charge in [-0.15, -0.1) is 24.0 Å². The predicted octanol–water partition coefficient (Wildman–Crippen LogP) is 1.54. The lowest BCUT2D eigenvalue weighted by Gasteiger charge is -2.28. The minimum atomic E-state index is 0. The van der Waals surface area contributed by atoms with Crippen molar-refractivity contribution >= 4 is 41.5 Å². The number of hydrogen-bond donors (Lipinski definition) is 3. The number of carbonyl (C=O) groups excluding carboxylic acids is 1. The molecular weight excluding hydrogens is 467 g/mol. The van der Waals surface area contributed by atoms with Crippen molar-refractivity contribution in [2.45, 2.75) is 13.0 Å². The lowest BCUT2D eigenvalue weighted by atomic mass is 10.2. The largest absolute Gasteiger partial charge is 0.360 e. The van der Waals surface area contributed by atoms with Gasteiger partial charge in [0.25, 0.3) is 0 Å². The molecule has 1 saturated heterocycles. The molecule has 0 unspecified atom stereocenters. The molecule has 3 rings (SSSR count). The maximum absolute atomic E-state index is 11.5. The number of anilines is 1. The molecule has 1 aliphatic heterocycles. The Labute approximate surface area is 183 Å². The second-order valence-electron chi connectivity index (χ2n) is 6.36. The first-order valence-corrected chi connectivity index (χ1v) is 9.19. The van der Waals surface area contributed by atoms with Crippen LogP contribution in [0.1, 0.15) is 11.3 Å². The van der Waals surface area contributed by atoms with E-state index < -0.39 is 0 Å². The average Bonchev–Trinajstić information content (AvgIpc) is 2.72. The van der Waals surface area contributed by atoms with Crippen LogP contribution in [0.2, 0.25) is 0 Å². The van der Waals surface area contributed by atoms with E-state index in [2.05, 4.69) is 55.1 Å². The minimum absolute atomic E-state index is 0. The number of aromatic nitrogens is 1. The molecule has 0 spiro atoms. The first-order chi connectivity index (χ1) is 13.2. The SMILES string of the molecule is CN=C(NCCc1ccccn1)NCc1ccc(N2CCNC(=O)C2)cc1.I. The molecule has 1 aromatic heterocycles. The number of guanidine groups is 1. The molecular formula is C20H27IN6O. The topological polar surface area (TPSA) is 81.7 Å². The van der Waals surface area contributed by atoms with Crippen LogP contribution in [0.3, 0.4) is 0 Å². The number of amides is 1. The number of benzene rings is 1. The predicted molar refractivity (Wildman–Crippen MR) is 123 cm³/mol. The highest BCUT2D eigenvalue weighted by atomic mass is 127. The molecule has 0 atom stereocenters. The molecule has 1 aliphatic rings. The molecule has 0 radical (unpaired) electrons. The zero-order chi connectivity index (χ0) is 18.9. The molecule has 1 amide bonds. The van der Waals surface area contributed by atoms with E-state index in [1.807, 2.05) is 24.4 Å². The summed E-state index contributed by atoms with van der Waals surface area (Å²) in [6.07, 6.45) is 2.65. The van der Waals surface area contributed by atoms with Gasteiger partial charge in [-0.1, -0.05) is 18.2 Å². The third-order valence-electron chi connectivity index (χ3n) is 4.42. The molecule has 0 saturated carbocycles. The molecule has 2 heterocycles. The molecule has 28 heavy (non-hydrogen) atoms. The summed E-state index contributed by atoms with van der Waals surface area (Å²) in [4.78, 5) is 22.2. The molecule has 150 valence electrons. The Bertz CT molecular complexity index is 766. The van der Waals surface area contributed by atoms with Crippen LogP contribution in [-0.4, -0.2) is 50.1 Å². The van der Waals surface area contributed by atoms with Crippen molar-refractivity contribution in [1.82, 2.24) is 20.9 Å². The molecule has 0 bridgehead atoms. The monoisotopic (exact) mass is 494 g/mol. The lowest BCUT2D eigenvalue weighted by molar-refractivity contribution is -0.120. The summed E-state index contributed by atoms with van der Waals surface area (Å²) in [6.45, 7) is 3.42. The van der Waals surface area contributed by atoms with Crippen LogP contribution < -0.4 is 20.9 Å². The van der Waals surface area contributed by atoms with Crippen LogP contribution in [0.5, 0.6) is 0 Å². The highest BCUT2D eigenvalue weighted by molar-refractivity contribution is 14.0. The zero-order valence-corrected chi connectivity index (χ0v) is 18.3. The van der Waals surface area contributed by atoms with E-state index in [1.54, 1.807) is 7.05 Å². The molecule has 7 nitrogen and oxygen atoms in total. The zero-order valence-electron chi connectivity index (χ0n) is 16.0. The van der Waals surface area contributed by atoms with Crippen molar-refractivity contribution in [2.24, 2.45) is 4.99 Å². The maximum atomic E-state index is 11.5. The van der Waals surface area contributed by atoms with Crippen LogP contribution in [0.25, 0.3) is 0 Å². The molecule has 8 heteroatoms. The Morgan fingerprint density at radius 1 is 1.21 bits per heavy atom. The van der Waals surface area contributed by atoms with E-state index in [4.69, 9.17) is 0 Å². The number of hydrogen-bond acceptors (Lipinski definition) is 4. The Hall–Kier alpha value is -2.36. The molecule has 1 aromatic carbocycles. The van der Waals surface area contributed by atoms with Crippen molar-refractivity contribution < 1.29 is 4.79 Å². The first-order valence-electron chi connectivity index (χ1n) is 9.19. The van der Waals surface area contributed by atoms with Gasteiger partial charge in [0.05, 0.1) is 6.54 Å². The Kier molecular flexibility index (Phi) is 8.99. The van der Waals surface area contributed by atoms with Crippen molar-refractivity contribution in [3.05, 3.63) is 59.9 Å². The third-order valence-corrected chi connectivity index (χ3v) is 4.42. The van der Waals surface area contributed by atoms with Gasteiger partial charge in [-0.05, 0) is 29.8 Å². The highest BCUT2D eigenvalue weighted by Gasteiger charge is 2.16. The Morgan fingerprint density at radius 3 is 2.71 bits per heavy atom. The second kappa shape index (κ2) is 11.5. The number of carbonyl (C=O) groups is 1. The Morgan fingerprint density at radius 2 is 2.04 bits per heavy atom. The van der Waals surface area contributed by atoms with Gasteiger partial charge in [0.1, 0.15) is 0 Å². The number of nitrogens with one attached hydrogen (secondary N) is 3. The number of rotatable bonds is 6. The number of halogens is 1. The van der Waals surface area contributed by atoms with Gasteiger partial charge in [0.2, 0.25) is 5.91 Å². The van der Waals surface area contributed by atoms with Gasteiger partial charge < -0.3 is 20.9 Å². The summed E-state index contributed by atoms with van der Waals surface area (Å²) in [5.74, 6) is 0.843. The van der Waals surface area contributed by atoms with Crippen molar-refractivity contribution in [2.75, 3.05) is 38.1 Å². The summed E-state index contributed by atoms with van der Waals surface area (Å²) in [5, 5.41) is 9.47. The number of pyridine rings is 1. The van der Waals surface area contributed by atoms with Gasteiger partial charge in [0, 0.05) is 57.2 Å². The molecule has 3 N–H and O–H groups in total. The average molecular weight is 494 g/mol. The van der Waals surface area contributed by atoms with Crippen LogP contribution in [0.15, 0.2) is 53.7 Å². The lowest BCUT2D eigenvalue weighted by Crippen LogP contribution is -2.47. The molecule has 1 fully saturated rings. The highest BCUT2D eigenvalue weighted by Crippen LogP contribution is 2.16. The fraction of sp³-hybridized carbons (Fsp3) is 0.350. The van der Waals surface area contributed by atoms with Gasteiger partial charge in [-0.3, -0.25) is 14.8 Å². The number of piperazine rings is 1. The van der Waals surface area contributed by atoms with Crippen LogP contribution >= 0.6 is 24.0 Å². The second-order valence-corrected chi connectivity index (χ2v) is 6.36. The maximum Gasteiger partial charge on any atom is 0.239 e. The van der Waals surface area contributed by atoms with E-state index >= 15 is 0 Å². The quantitative estimate of drug-likeness (QED) is 0.323. The fourth-order valence-electron chi connectivity index (χ4n) is 2.94. The summed E-state index contributed by atoms with van der Waals surface area (Å²) in [5.41, 5.74) is 3.29. The van der Waals surface area contributed by atoms with Crippen molar-refractivity contribution in [3.8, 4) is 0 Å². The minimum Gasteiger partial charge on any atom is -0.360 e. The fourth-order valence-corrected chi connectivity index (χ4v) is 2.94. The van der Waals surface area contributed by atoms with Gasteiger partial charge in [0.15, 0.2) is 5.96 Å². The summed E-state index contributed by atoms with van der Waals surface area (Å²) in [7, 11) is 1.76. The summed E-state index contributed by atoms with van der Waals surface area (Å²) >= 11 is 0. The molecule has 0 aliphatic carbocycles. The molecule has 2 aromatic rings. The van der Waals surface area contributed by atoms with E-state index in [-0.39, 0.29) is 29.9 Å². The van der Waals surface area contributed by atoms with Crippen LogP contribution in [0.4, 0.5) is 5.69 Å². The normalized spacial score (nSPS) is 14.1. The smallest absolute Gasteiger partial charge is 0.239 e. The van der Waals surface area contributed by atoms with Crippen molar-refractivity contribution in [1.29, 1.82) is 0 Å². The van der Waals surface area contributed by atoms with Gasteiger partial charge in [-0.2, -0.15) is 0 Å². The van der Waals surface area contributed by atoms with E-state index in [1.165, 1.54) is 0 Å². The van der Waals surface area contributed by atoms with Crippen LogP contribution in [0, 0.1) is 0 Å². The van der Waals surface area contributed by atoms with E-state index in [0.29, 0.717) is 19.6 Å². The first kappa shape index (κ1) is 21.9. The standard InChI is InChI=1S/C20H26N6O.HI/c1-21-20(24-11-9-17-4-2-3-10-22-17)25-14-16-5-7-18(8-6-16)26-13-12-23-19(27)15-26;/h2-8,10H,9,11-15H2,1H3,(H,23,27)(H2,21,24,25);1H. The van der Waals surface area contributed by atoms with E-state index in [9.17, 15) is 4.79 Å². The van der Waals surface area contributed by atoms with Gasteiger partial charge in [-0.25, -0.2) is 0 Å². The Balaban J connectivity index is 0.00000280. The number of nitrogens with zero attached hydrogens (tertiary/aromatic N) is 3. The summed E-state index contributed by atoms with van der Waals surface area (Å²) < 4.78 is 0. The van der Waals surface area contributed by atoms with Gasteiger partial charge >= 0.3 is 0 Å². The van der Waals surface area contributed by atoms with E-state index in [0.717, 1.165) is 42.4 Å².